The number of aliphatic carboxylic acids is 1. The van der Waals surface area contributed by atoms with Crippen molar-refractivity contribution < 1.29 is 9.90 Å². The number of nitrogens with two attached hydrogens (primary N) is 1. The van der Waals surface area contributed by atoms with Crippen molar-refractivity contribution in [1.29, 1.82) is 0 Å². The smallest absolute Gasteiger partial charge is 0.329 e. The maximum atomic E-state index is 11.2. The van der Waals surface area contributed by atoms with Gasteiger partial charge < -0.3 is 10.8 Å². The van der Waals surface area contributed by atoms with Crippen molar-refractivity contribution in [2.45, 2.75) is 25.7 Å². The van der Waals surface area contributed by atoms with Gasteiger partial charge in [0.05, 0.1) is 0 Å². The molecule has 1 saturated heterocycles. The van der Waals surface area contributed by atoms with Gasteiger partial charge in [-0.2, -0.15) is 0 Å². The molecule has 0 radical (unpaired) electrons. The van der Waals surface area contributed by atoms with Crippen molar-refractivity contribution in [3.63, 3.8) is 0 Å². The zero-order valence-electron chi connectivity index (χ0n) is 10.9. The lowest BCUT2D eigenvalue weighted by Gasteiger charge is -2.44. The molecular formula is C12H22N4O2. The minimum absolute atomic E-state index is 0.00903. The predicted molar refractivity (Wildman–Crippen MR) is 68.8 cm³/mol. The highest BCUT2D eigenvalue weighted by molar-refractivity contribution is 5.81. The Hall–Kier alpha value is -0.950. The highest BCUT2D eigenvalue weighted by atomic mass is 16.4. The fourth-order valence-electron chi connectivity index (χ4n) is 2.33. The summed E-state index contributed by atoms with van der Waals surface area (Å²) in [6, 6.07) is 0. The van der Waals surface area contributed by atoms with Crippen molar-refractivity contribution in [3.05, 3.63) is 12.2 Å². The SMILES string of the molecule is CC1(C)CNC(N2CC=CC(N)(C(=O)O)C2)NC1. The van der Waals surface area contributed by atoms with Crippen LogP contribution in [0.4, 0.5) is 0 Å². The van der Waals surface area contributed by atoms with E-state index in [-0.39, 0.29) is 11.7 Å². The van der Waals surface area contributed by atoms with E-state index in [0.29, 0.717) is 13.1 Å². The van der Waals surface area contributed by atoms with E-state index in [4.69, 9.17) is 10.8 Å². The first-order chi connectivity index (χ1) is 8.32. The standard InChI is InChI=1S/C12H22N4O2/c1-11(2)6-14-10(15-7-11)16-5-3-4-12(13,8-16)9(17)18/h3-4,10,14-15H,5-8,13H2,1-2H3,(H,17,18). The van der Waals surface area contributed by atoms with Crippen LogP contribution in [-0.4, -0.2) is 54.0 Å². The van der Waals surface area contributed by atoms with Crippen molar-refractivity contribution in [1.82, 2.24) is 15.5 Å². The third-order valence-electron chi connectivity index (χ3n) is 3.53. The van der Waals surface area contributed by atoms with Gasteiger partial charge in [-0.25, -0.2) is 4.79 Å². The molecule has 2 heterocycles. The summed E-state index contributed by atoms with van der Waals surface area (Å²) in [5, 5.41) is 15.9. The molecule has 0 bridgehead atoms. The summed E-state index contributed by atoms with van der Waals surface area (Å²) >= 11 is 0. The molecule has 6 nitrogen and oxygen atoms in total. The molecule has 2 aliphatic heterocycles. The van der Waals surface area contributed by atoms with Gasteiger partial charge in [0.15, 0.2) is 0 Å². The fourth-order valence-corrected chi connectivity index (χ4v) is 2.33. The summed E-state index contributed by atoms with van der Waals surface area (Å²) in [6.45, 7) is 7.18. The van der Waals surface area contributed by atoms with Crippen LogP contribution in [0.5, 0.6) is 0 Å². The molecule has 5 N–H and O–H groups in total. The average Bonchev–Trinajstić information content (AvgIpc) is 2.28. The Morgan fingerprint density at radius 3 is 2.61 bits per heavy atom. The van der Waals surface area contributed by atoms with Crippen LogP contribution in [0.15, 0.2) is 12.2 Å². The highest BCUT2D eigenvalue weighted by Gasteiger charge is 2.39. The molecule has 0 amide bonds. The van der Waals surface area contributed by atoms with Gasteiger partial charge in [-0.05, 0) is 5.41 Å². The van der Waals surface area contributed by atoms with Crippen molar-refractivity contribution in [2.24, 2.45) is 11.1 Å². The second-order valence-electron chi connectivity index (χ2n) is 6.01. The van der Waals surface area contributed by atoms with E-state index in [1.165, 1.54) is 0 Å². The Balaban J connectivity index is 2.00. The summed E-state index contributed by atoms with van der Waals surface area (Å²) < 4.78 is 0. The van der Waals surface area contributed by atoms with Gasteiger partial charge >= 0.3 is 5.97 Å². The Kier molecular flexibility index (Phi) is 3.46. The molecule has 0 aromatic heterocycles. The Morgan fingerprint density at radius 1 is 1.44 bits per heavy atom. The normalized spacial score (nSPS) is 33.5. The van der Waals surface area contributed by atoms with Gasteiger partial charge in [0.2, 0.25) is 0 Å². The van der Waals surface area contributed by atoms with Crippen LogP contribution >= 0.6 is 0 Å². The van der Waals surface area contributed by atoms with Crippen LogP contribution in [0.2, 0.25) is 0 Å². The summed E-state index contributed by atoms with van der Waals surface area (Å²) in [7, 11) is 0. The second-order valence-corrected chi connectivity index (χ2v) is 6.01. The highest BCUT2D eigenvalue weighted by Crippen LogP contribution is 2.19. The van der Waals surface area contributed by atoms with Gasteiger partial charge in [-0.3, -0.25) is 15.5 Å². The van der Waals surface area contributed by atoms with E-state index in [9.17, 15) is 4.79 Å². The Labute approximate surface area is 107 Å². The third kappa shape index (κ3) is 2.72. The number of carbonyl (C=O) groups is 1. The molecule has 1 unspecified atom stereocenters. The Morgan fingerprint density at radius 2 is 2.06 bits per heavy atom. The molecule has 2 rings (SSSR count). The van der Waals surface area contributed by atoms with Crippen LogP contribution in [0.25, 0.3) is 0 Å². The van der Waals surface area contributed by atoms with Crippen LogP contribution in [0, 0.1) is 5.41 Å². The summed E-state index contributed by atoms with van der Waals surface area (Å²) in [5.74, 6) is -0.986. The van der Waals surface area contributed by atoms with Crippen molar-refractivity contribution in [3.8, 4) is 0 Å². The van der Waals surface area contributed by atoms with Crippen LogP contribution in [-0.2, 0) is 4.79 Å². The second kappa shape index (κ2) is 4.62. The molecular weight excluding hydrogens is 232 g/mol. The van der Waals surface area contributed by atoms with Crippen LogP contribution < -0.4 is 16.4 Å². The molecule has 0 saturated carbocycles. The quantitative estimate of drug-likeness (QED) is 0.480. The number of rotatable bonds is 2. The van der Waals surface area contributed by atoms with Crippen molar-refractivity contribution in [2.75, 3.05) is 26.2 Å². The molecule has 6 heteroatoms. The topological polar surface area (TPSA) is 90.6 Å². The molecule has 1 fully saturated rings. The maximum Gasteiger partial charge on any atom is 0.329 e. The molecule has 0 aromatic carbocycles. The zero-order valence-corrected chi connectivity index (χ0v) is 10.9. The largest absolute Gasteiger partial charge is 0.480 e. The van der Waals surface area contributed by atoms with E-state index in [2.05, 4.69) is 24.5 Å². The first kappa shape index (κ1) is 13.5. The number of hydrogen-bond donors (Lipinski definition) is 4. The maximum absolute atomic E-state index is 11.2. The number of nitrogens with zero attached hydrogens (tertiary/aromatic N) is 1. The monoisotopic (exact) mass is 254 g/mol. The van der Waals surface area contributed by atoms with E-state index in [1.54, 1.807) is 6.08 Å². The zero-order chi connectivity index (χ0) is 13.4. The number of carboxylic acids is 1. The van der Waals surface area contributed by atoms with Gasteiger partial charge in [0.25, 0.3) is 0 Å². The van der Waals surface area contributed by atoms with Gasteiger partial charge in [0, 0.05) is 26.2 Å². The summed E-state index contributed by atoms with van der Waals surface area (Å²) in [5.41, 5.74) is 4.80. The number of hydrogen-bond acceptors (Lipinski definition) is 5. The molecule has 1 atom stereocenters. The molecule has 0 aliphatic carbocycles. The van der Waals surface area contributed by atoms with E-state index in [1.807, 2.05) is 11.0 Å². The lowest BCUT2D eigenvalue weighted by atomic mass is 9.91. The molecule has 0 spiro atoms. The van der Waals surface area contributed by atoms with Crippen molar-refractivity contribution >= 4 is 5.97 Å². The van der Waals surface area contributed by atoms with Crippen LogP contribution in [0.3, 0.4) is 0 Å². The fraction of sp³-hybridized carbons (Fsp3) is 0.750. The first-order valence-electron chi connectivity index (χ1n) is 6.23. The molecule has 0 aromatic rings. The molecule has 102 valence electrons. The molecule has 2 aliphatic rings. The third-order valence-corrected chi connectivity index (χ3v) is 3.53. The minimum atomic E-state index is -1.28. The summed E-state index contributed by atoms with van der Waals surface area (Å²) in [6.07, 6.45) is 3.39. The predicted octanol–water partition coefficient (Wildman–Crippen LogP) is -0.857. The lowest BCUT2D eigenvalue weighted by molar-refractivity contribution is -0.142. The Bertz CT molecular complexity index is 359. The number of nitrogens with one attached hydrogen (secondary N) is 2. The molecule has 18 heavy (non-hydrogen) atoms. The lowest BCUT2D eigenvalue weighted by Crippen LogP contribution is -2.68. The minimum Gasteiger partial charge on any atom is -0.480 e. The van der Waals surface area contributed by atoms with E-state index in [0.717, 1.165) is 13.1 Å². The van der Waals surface area contributed by atoms with Gasteiger partial charge in [-0.1, -0.05) is 26.0 Å². The number of carboxylic acid groups (broad SMARTS) is 1. The van der Waals surface area contributed by atoms with Gasteiger partial charge in [0.1, 0.15) is 11.8 Å². The first-order valence-corrected chi connectivity index (χ1v) is 6.23. The van der Waals surface area contributed by atoms with Gasteiger partial charge in [-0.15, -0.1) is 0 Å². The average molecular weight is 254 g/mol. The van der Waals surface area contributed by atoms with Crippen LogP contribution in [0.1, 0.15) is 13.8 Å². The van der Waals surface area contributed by atoms with E-state index < -0.39 is 11.5 Å². The van der Waals surface area contributed by atoms with E-state index >= 15 is 0 Å². The summed E-state index contributed by atoms with van der Waals surface area (Å²) in [4.78, 5) is 13.2.